The van der Waals surface area contributed by atoms with Crippen molar-refractivity contribution in [3.05, 3.63) is 47.5 Å². The number of imidazole rings is 1. The summed E-state index contributed by atoms with van der Waals surface area (Å²) in [5.41, 5.74) is 2.77. The summed E-state index contributed by atoms with van der Waals surface area (Å²) in [7, 11) is 0. The number of nitrogens with one attached hydrogen (secondary N) is 1. The smallest absolute Gasteiger partial charge is 0.396 e. The first-order valence-corrected chi connectivity index (χ1v) is 8.39. The van der Waals surface area contributed by atoms with E-state index in [-0.39, 0.29) is 17.8 Å². The number of fused-ring (bicyclic) bond motifs is 2. The number of benzene rings is 1. The Bertz CT molecular complexity index is 1130. The van der Waals surface area contributed by atoms with Gasteiger partial charge in [0.15, 0.2) is 5.65 Å². The molecule has 0 aliphatic heterocycles. The zero-order valence-electron chi connectivity index (χ0n) is 14.4. The number of H-pyrrole nitrogens is 1. The van der Waals surface area contributed by atoms with Gasteiger partial charge in [0.2, 0.25) is 5.82 Å². The van der Waals surface area contributed by atoms with Crippen LogP contribution in [0.2, 0.25) is 0 Å². The highest BCUT2D eigenvalue weighted by Gasteiger charge is 2.38. The van der Waals surface area contributed by atoms with Crippen molar-refractivity contribution >= 4 is 22.1 Å². The zero-order valence-corrected chi connectivity index (χ0v) is 14.4. The molecule has 2 N–H and O–H groups in total. The van der Waals surface area contributed by atoms with Gasteiger partial charge in [-0.2, -0.15) is 18.3 Å². The number of aliphatic hydroxyl groups is 1. The second-order valence-corrected chi connectivity index (χ2v) is 6.34. The summed E-state index contributed by atoms with van der Waals surface area (Å²) in [5, 5.41) is 16.5. The lowest BCUT2D eigenvalue weighted by atomic mass is 10.1. The van der Waals surface area contributed by atoms with Gasteiger partial charge in [-0.15, -0.1) is 0 Å². The van der Waals surface area contributed by atoms with E-state index < -0.39 is 12.0 Å². The molecule has 0 spiro atoms. The molecule has 0 saturated heterocycles. The molecule has 4 rings (SSSR count). The quantitative estimate of drug-likeness (QED) is 0.572. The van der Waals surface area contributed by atoms with E-state index in [9.17, 15) is 13.2 Å². The van der Waals surface area contributed by atoms with E-state index in [4.69, 9.17) is 5.11 Å². The Kier molecular flexibility index (Phi) is 4.11. The van der Waals surface area contributed by atoms with Gasteiger partial charge in [-0.05, 0) is 49.6 Å². The van der Waals surface area contributed by atoms with Crippen LogP contribution < -0.4 is 0 Å². The second-order valence-electron chi connectivity index (χ2n) is 6.34. The van der Waals surface area contributed by atoms with Gasteiger partial charge in [-0.25, -0.2) is 9.97 Å². The van der Waals surface area contributed by atoms with Crippen LogP contribution in [0.15, 0.2) is 30.5 Å². The first kappa shape index (κ1) is 17.5. The van der Waals surface area contributed by atoms with Crippen LogP contribution in [0.1, 0.15) is 23.5 Å². The average Bonchev–Trinajstić information content (AvgIpc) is 3.23. The monoisotopic (exact) mass is 375 g/mol. The molecule has 0 aliphatic carbocycles. The number of aromatic amines is 1. The third-order valence-corrected chi connectivity index (χ3v) is 4.40. The average molecular weight is 375 g/mol. The lowest BCUT2D eigenvalue weighted by molar-refractivity contribution is -0.145. The minimum Gasteiger partial charge on any atom is -0.396 e. The molecule has 140 valence electrons. The van der Waals surface area contributed by atoms with Gasteiger partial charge in [0.25, 0.3) is 0 Å². The summed E-state index contributed by atoms with van der Waals surface area (Å²) in [6.07, 6.45) is -2.11. The number of aryl methyl sites for hydroxylation is 2. The highest BCUT2D eigenvalue weighted by Crippen LogP contribution is 2.34. The van der Waals surface area contributed by atoms with Crippen molar-refractivity contribution in [1.82, 2.24) is 24.7 Å². The van der Waals surface area contributed by atoms with Crippen LogP contribution in [0.3, 0.4) is 0 Å². The molecular weight excluding hydrogens is 359 g/mol. The molecule has 0 fully saturated rings. The fraction of sp³-hybridized carbons (Fsp3) is 0.278. The zero-order chi connectivity index (χ0) is 19.2. The highest BCUT2D eigenvalue weighted by molar-refractivity contribution is 5.85. The summed E-state index contributed by atoms with van der Waals surface area (Å²) in [5.74, 6) is -1.02. The summed E-state index contributed by atoms with van der Waals surface area (Å²) in [4.78, 5) is 8.17. The molecule has 0 unspecified atom stereocenters. The van der Waals surface area contributed by atoms with Crippen molar-refractivity contribution in [2.24, 2.45) is 0 Å². The molecule has 6 nitrogen and oxygen atoms in total. The molecule has 9 heteroatoms. The molecule has 0 radical (unpaired) electrons. The number of nitrogens with zero attached hydrogens (tertiary/aromatic N) is 4. The van der Waals surface area contributed by atoms with Gasteiger partial charge in [0, 0.05) is 17.7 Å². The van der Waals surface area contributed by atoms with Crippen molar-refractivity contribution in [2.45, 2.75) is 25.9 Å². The fourth-order valence-corrected chi connectivity index (χ4v) is 3.18. The molecule has 27 heavy (non-hydrogen) atoms. The van der Waals surface area contributed by atoms with Crippen LogP contribution in [0.4, 0.5) is 13.2 Å². The Morgan fingerprint density at radius 1 is 1.19 bits per heavy atom. The molecule has 0 saturated carbocycles. The Hall–Kier alpha value is -2.94. The molecule has 0 amide bonds. The molecule has 1 aromatic carbocycles. The lowest BCUT2D eigenvalue weighted by Gasteiger charge is -2.12. The Labute approximate surface area is 151 Å². The van der Waals surface area contributed by atoms with E-state index in [1.54, 1.807) is 31.3 Å². The summed E-state index contributed by atoms with van der Waals surface area (Å²) in [6.45, 7) is 1.79. The van der Waals surface area contributed by atoms with Gasteiger partial charge in [0.1, 0.15) is 5.52 Å². The number of alkyl halides is 3. The number of hydrogen-bond acceptors (Lipinski definition) is 4. The van der Waals surface area contributed by atoms with E-state index in [1.807, 2.05) is 0 Å². The van der Waals surface area contributed by atoms with Gasteiger partial charge >= 0.3 is 6.18 Å². The van der Waals surface area contributed by atoms with Crippen LogP contribution in [-0.4, -0.2) is 36.4 Å². The van der Waals surface area contributed by atoms with E-state index in [0.717, 1.165) is 15.6 Å². The number of aromatic nitrogens is 5. The largest absolute Gasteiger partial charge is 0.450 e. The number of hydrogen-bond donors (Lipinski definition) is 2. The van der Waals surface area contributed by atoms with Crippen LogP contribution in [-0.2, 0) is 12.6 Å². The van der Waals surface area contributed by atoms with Crippen LogP contribution in [0.5, 0.6) is 0 Å². The van der Waals surface area contributed by atoms with Crippen molar-refractivity contribution in [3.8, 4) is 5.69 Å². The van der Waals surface area contributed by atoms with Gasteiger partial charge < -0.3 is 5.11 Å². The van der Waals surface area contributed by atoms with Gasteiger partial charge in [-0.1, -0.05) is 0 Å². The SMILES string of the molecule is Cc1cc(-n2c(C(F)(F)F)nc3ccc(CCCO)nc32)cc2cn[nH]c12. The van der Waals surface area contributed by atoms with Gasteiger partial charge in [0.05, 0.1) is 17.4 Å². The maximum Gasteiger partial charge on any atom is 0.450 e. The summed E-state index contributed by atoms with van der Waals surface area (Å²) < 4.78 is 42.0. The number of halogens is 3. The number of rotatable bonds is 4. The van der Waals surface area contributed by atoms with E-state index in [1.165, 1.54) is 6.07 Å². The Morgan fingerprint density at radius 3 is 2.74 bits per heavy atom. The van der Waals surface area contributed by atoms with E-state index in [2.05, 4.69) is 20.2 Å². The van der Waals surface area contributed by atoms with Crippen molar-refractivity contribution in [2.75, 3.05) is 6.61 Å². The Morgan fingerprint density at radius 2 is 2.00 bits per heavy atom. The minimum absolute atomic E-state index is 0.0108. The standard InChI is InChI=1S/C18H16F3N5O/c1-10-7-13(8-11-9-22-25-15(10)11)26-16-14(24-17(26)18(19,20)21)5-4-12(23-16)3-2-6-27/h4-5,7-9,27H,2-3,6H2,1H3,(H,22,25). The molecule has 0 aliphatic rings. The molecule has 3 aromatic heterocycles. The predicted octanol–water partition coefficient (Wildman–Crippen LogP) is 3.55. The minimum atomic E-state index is -4.63. The summed E-state index contributed by atoms with van der Waals surface area (Å²) >= 11 is 0. The topological polar surface area (TPSA) is 79.6 Å². The van der Waals surface area contributed by atoms with Crippen LogP contribution in [0, 0.1) is 6.92 Å². The molecule has 4 aromatic rings. The maximum absolute atomic E-state index is 13.7. The second kappa shape index (κ2) is 6.34. The molecule has 0 atom stereocenters. The molecule has 3 heterocycles. The normalized spacial score (nSPS) is 12.3. The Balaban J connectivity index is 1.99. The van der Waals surface area contributed by atoms with Crippen LogP contribution >= 0.6 is 0 Å². The number of aliphatic hydroxyl groups excluding tert-OH is 1. The first-order valence-electron chi connectivity index (χ1n) is 8.39. The van der Waals surface area contributed by atoms with E-state index in [0.29, 0.717) is 29.6 Å². The number of pyridine rings is 1. The molecular formula is C18H16F3N5O. The fourth-order valence-electron chi connectivity index (χ4n) is 3.18. The van der Waals surface area contributed by atoms with Crippen molar-refractivity contribution in [3.63, 3.8) is 0 Å². The van der Waals surface area contributed by atoms with Crippen LogP contribution in [0.25, 0.3) is 27.8 Å². The lowest BCUT2D eigenvalue weighted by Crippen LogP contribution is -2.14. The third kappa shape index (κ3) is 3.03. The van der Waals surface area contributed by atoms with Crippen molar-refractivity contribution in [1.29, 1.82) is 0 Å². The molecule has 0 bridgehead atoms. The van der Waals surface area contributed by atoms with E-state index >= 15 is 0 Å². The highest BCUT2D eigenvalue weighted by atomic mass is 19.4. The first-order chi connectivity index (χ1) is 12.9. The summed E-state index contributed by atoms with van der Waals surface area (Å²) in [6, 6.07) is 6.45. The predicted molar refractivity (Wildman–Crippen MR) is 93.7 cm³/mol. The van der Waals surface area contributed by atoms with Gasteiger partial charge in [-0.3, -0.25) is 9.67 Å². The third-order valence-electron chi connectivity index (χ3n) is 4.40. The maximum atomic E-state index is 13.7. The van der Waals surface area contributed by atoms with Crippen molar-refractivity contribution < 1.29 is 18.3 Å².